The molecule has 0 saturated heterocycles. The zero-order chi connectivity index (χ0) is 13.7. The Labute approximate surface area is 112 Å². The average molecular weight is 251 g/mol. The van der Waals surface area contributed by atoms with E-state index in [-0.39, 0.29) is 17.4 Å². The predicted octanol–water partition coefficient (Wildman–Crippen LogP) is 2.72. The minimum Gasteiger partial charge on any atom is -0.326 e. The second kappa shape index (κ2) is 5.84. The molecule has 94 valence electrons. The summed E-state index contributed by atoms with van der Waals surface area (Å²) in [6.07, 6.45) is 6.64. The third kappa shape index (κ3) is 3.00. The first-order valence-corrected chi connectivity index (χ1v) is 6.14. The third-order valence-corrected chi connectivity index (χ3v) is 3.17. The maximum Gasteiger partial charge on any atom is 0.227 e. The van der Waals surface area contributed by atoms with E-state index in [1.807, 2.05) is 18.2 Å². The number of anilines is 1. The topological polar surface area (TPSA) is 76.7 Å². The van der Waals surface area contributed by atoms with Gasteiger partial charge in [0.15, 0.2) is 0 Å². The van der Waals surface area contributed by atoms with Crippen LogP contribution < -0.4 is 5.32 Å². The van der Waals surface area contributed by atoms with Crippen LogP contribution in [0.15, 0.2) is 30.4 Å². The summed E-state index contributed by atoms with van der Waals surface area (Å²) in [6.45, 7) is 0. The quantitative estimate of drug-likeness (QED) is 0.821. The van der Waals surface area contributed by atoms with Gasteiger partial charge in [-0.3, -0.25) is 4.79 Å². The Morgan fingerprint density at radius 1 is 1.21 bits per heavy atom. The first kappa shape index (κ1) is 12.9. The number of hydrogen-bond acceptors (Lipinski definition) is 3. The second-order valence-electron chi connectivity index (χ2n) is 4.45. The molecule has 0 saturated carbocycles. The van der Waals surface area contributed by atoms with Gasteiger partial charge in [-0.2, -0.15) is 10.5 Å². The molecule has 0 spiro atoms. The third-order valence-electron chi connectivity index (χ3n) is 3.17. The number of rotatable bonds is 2. The molecule has 1 aliphatic carbocycles. The Hall–Kier alpha value is -2.59. The molecule has 1 atom stereocenters. The van der Waals surface area contributed by atoms with Crippen molar-refractivity contribution in [3.05, 3.63) is 41.5 Å². The number of allylic oxidation sites excluding steroid dienone is 2. The highest BCUT2D eigenvalue weighted by Gasteiger charge is 2.18. The van der Waals surface area contributed by atoms with E-state index >= 15 is 0 Å². The van der Waals surface area contributed by atoms with Gasteiger partial charge in [-0.25, -0.2) is 0 Å². The summed E-state index contributed by atoms with van der Waals surface area (Å²) in [6, 6.07) is 8.64. The van der Waals surface area contributed by atoms with Gasteiger partial charge in [0, 0.05) is 11.6 Å². The molecule has 4 nitrogen and oxygen atoms in total. The van der Waals surface area contributed by atoms with E-state index in [9.17, 15) is 4.79 Å². The van der Waals surface area contributed by atoms with E-state index in [0.29, 0.717) is 11.3 Å². The van der Waals surface area contributed by atoms with Crippen LogP contribution in [-0.4, -0.2) is 5.91 Å². The van der Waals surface area contributed by atoms with E-state index in [4.69, 9.17) is 10.5 Å². The van der Waals surface area contributed by atoms with E-state index < -0.39 is 0 Å². The van der Waals surface area contributed by atoms with Crippen molar-refractivity contribution in [1.29, 1.82) is 10.5 Å². The smallest absolute Gasteiger partial charge is 0.227 e. The lowest BCUT2D eigenvalue weighted by atomic mass is 9.93. The van der Waals surface area contributed by atoms with Gasteiger partial charge < -0.3 is 5.32 Å². The zero-order valence-corrected chi connectivity index (χ0v) is 10.4. The lowest BCUT2D eigenvalue weighted by Crippen LogP contribution is -2.23. The number of benzene rings is 1. The highest BCUT2D eigenvalue weighted by Crippen LogP contribution is 2.21. The number of nitrogens with one attached hydrogen (secondary N) is 1. The predicted molar refractivity (Wildman–Crippen MR) is 71.0 cm³/mol. The lowest BCUT2D eigenvalue weighted by Gasteiger charge is -2.17. The average Bonchev–Trinajstić information content (AvgIpc) is 2.48. The van der Waals surface area contributed by atoms with Gasteiger partial charge in [0.1, 0.15) is 12.1 Å². The fourth-order valence-corrected chi connectivity index (χ4v) is 2.09. The van der Waals surface area contributed by atoms with Gasteiger partial charge in [-0.1, -0.05) is 12.2 Å². The Balaban J connectivity index is 2.11. The highest BCUT2D eigenvalue weighted by molar-refractivity contribution is 5.93. The van der Waals surface area contributed by atoms with Gasteiger partial charge in [0.2, 0.25) is 5.91 Å². The van der Waals surface area contributed by atoms with E-state index in [0.717, 1.165) is 19.3 Å². The number of carbonyl (C=O) groups excluding carboxylic acids is 1. The van der Waals surface area contributed by atoms with Crippen molar-refractivity contribution in [3.8, 4) is 12.1 Å². The molecule has 0 heterocycles. The molecule has 1 aromatic rings. The standard InChI is InChI=1S/C15H13N3O/c16-9-12-6-7-14(8-13(12)10-17)18-15(19)11-4-2-1-3-5-11/h1-2,6-8,11H,3-5H2,(H,18,19). The molecule has 1 aliphatic rings. The van der Waals surface area contributed by atoms with Gasteiger partial charge in [0.25, 0.3) is 0 Å². The van der Waals surface area contributed by atoms with Crippen molar-refractivity contribution >= 4 is 11.6 Å². The highest BCUT2D eigenvalue weighted by atomic mass is 16.1. The number of carbonyl (C=O) groups is 1. The van der Waals surface area contributed by atoms with Crippen LogP contribution in [-0.2, 0) is 4.79 Å². The maximum absolute atomic E-state index is 12.0. The molecular weight excluding hydrogens is 238 g/mol. The molecule has 1 amide bonds. The molecular formula is C15H13N3O. The molecule has 19 heavy (non-hydrogen) atoms. The number of amides is 1. The zero-order valence-electron chi connectivity index (χ0n) is 10.4. The van der Waals surface area contributed by atoms with Gasteiger partial charge in [-0.15, -0.1) is 0 Å². The van der Waals surface area contributed by atoms with Crippen LogP contribution in [0.3, 0.4) is 0 Å². The molecule has 1 aromatic carbocycles. The van der Waals surface area contributed by atoms with Crippen molar-refractivity contribution in [2.75, 3.05) is 5.32 Å². The molecule has 0 aromatic heterocycles. The van der Waals surface area contributed by atoms with Crippen LogP contribution in [0.2, 0.25) is 0 Å². The first-order valence-electron chi connectivity index (χ1n) is 6.14. The van der Waals surface area contributed by atoms with Crippen molar-refractivity contribution in [3.63, 3.8) is 0 Å². The molecule has 1 N–H and O–H groups in total. The Morgan fingerprint density at radius 2 is 2.00 bits per heavy atom. The van der Waals surface area contributed by atoms with Crippen LogP contribution in [0.1, 0.15) is 30.4 Å². The number of nitriles is 2. The number of nitrogens with zero attached hydrogens (tertiary/aromatic N) is 2. The lowest BCUT2D eigenvalue weighted by molar-refractivity contribution is -0.120. The SMILES string of the molecule is N#Cc1ccc(NC(=O)C2CC=CCC2)cc1C#N. The summed E-state index contributed by atoms with van der Waals surface area (Å²) in [7, 11) is 0. The fraction of sp³-hybridized carbons (Fsp3) is 0.267. The van der Waals surface area contributed by atoms with Gasteiger partial charge >= 0.3 is 0 Å². The molecule has 0 radical (unpaired) electrons. The van der Waals surface area contributed by atoms with E-state index in [1.54, 1.807) is 12.1 Å². The van der Waals surface area contributed by atoms with Crippen LogP contribution >= 0.6 is 0 Å². The van der Waals surface area contributed by atoms with Crippen molar-refractivity contribution in [2.24, 2.45) is 5.92 Å². The van der Waals surface area contributed by atoms with Crippen LogP contribution in [0.5, 0.6) is 0 Å². The van der Waals surface area contributed by atoms with Crippen LogP contribution in [0.25, 0.3) is 0 Å². The van der Waals surface area contributed by atoms with Crippen molar-refractivity contribution in [1.82, 2.24) is 0 Å². The minimum absolute atomic E-state index is 0.00817. The van der Waals surface area contributed by atoms with Crippen molar-refractivity contribution in [2.45, 2.75) is 19.3 Å². The van der Waals surface area contributed by atoms with Crippen molar-refractivity contribution < 1.29 is 4.79 Å². The number of hydrogen-bond donors (Lipinski definition) is 1. The molecule has 1 unspecified atom stereocenters. The first-order chi connectivity index (χ1) is 9.24. The van der Waals surface area contributed by atoms with Gasteiger partial charge in [0.05, 0.1) is 11.1 Å². The molecule has 0 aliphatic heterocycles. The normalized spacial score (nSPS) is 17.3. The molecule has 0 bridgehead atoms. The van der Waals surface area contributed by atoms with Crippen LogP contribution in [0.4, 0.5) is 5.69 Å². The fourth-order valence-electron chi connectivity index (χ4n) is 2.09. The summed E-state index contributed by atoms with van der Waals surface area (Å²) in [5.41, 5.74) is 1.17. The summed E-state index contributed by atoms with van der Waals surface area (Å²) in [5, 5.41) is 20.6. The van der Waals surface area contributed by atoms with E-state index in [2.05, 4.69) is 11.4 Å². The van der Waals surface area contributed by atoms with Crippen LogP contribution in [0, 0.1) is 28.6 Å². The molecule has 0 fully saturated rings. The molecule has 2 rings (SSSR count). The monoisotopic (exact) mass is 251 g/mol. The molecule has 4 heteroatoms. The summed E-state index contributed by atoms with van der Waals surface area (Å²) >= 11 is 0. The Morgan fingerprint density at radius 3 is 2.63 bits per heavy atom. The summed E-state index contributed by atoms with van der Waals surface area (Å²) < 4.78 is 0. The van der Waals surface area contributed by atoms with E-state index in [1.165, 1.54) is 6.07 Å². The summed E-state index contributed by atoms with van der Waals surface area (Å²) in [5.74, 6) is -0.0378. The maximum atomic E-state index is 12.0. The van der Waals surface area contributed by atoms with Gasteiger partial charge in [-0.05, 0) is 37.5 Å². The largest absolute Gasteiger partial charge is 0.326 e. The second-order valence-corrected chi connectivity index (χ2v) is 4.45. The Bertz CT molecular complexity index is 605. The Kier molecular flexibility index (Phi) is 3.95. The minimum atomic E-state index is -0.0297. The summed E-state index contributed by atoms with van der Waals surface area (Å²) in [4.78, 5) is 12.0.